The zero-order valence-electron chi connectivity index (χ0n) is 10.2. The van der Waals surface area contributed by atoms with Gasteiger partial charge in [-0.15, -0.1) is 0 Å². The van der Waals surface area contributed by atoms with Gasteiger partial charge in [0.15, 0.2) is 0 Å². The lowest BCUT2D eigenvalue weighted by Crippen LogP contribution is -1.83. The largest absolute Gasteiger partial charge is 0.247 e. The summed E-state index contributed by atoms with van der Waals surface area (Å²) >= 11 is 6.21. The lowest BCUT2D eigenvalue weighted by atomic mass is 10.2. The third-order valence-corrected chi connectivity index (χ3v) is 3.66. The Hall–Kier alpha value is -1.48. The highest BCUT2D eigenvalue weighted by Gasteiger charge is 2.03. The Balaban J connectivity index is 2.23. The minimum Gasteiger partial charge on any atom is -0.247 e. The summed E-state index contributed by atoms with van der Waals surface area (Å²) in [7, 11) is 0. The van der Waals surface area contributed by atoms with Crippen LogP contribution in [0, 0.1) is 13.8 Å². The van der Waals surface area contributed by atoms with E-state index in [4.69, 9.17) is 0 Å². The van der Waals surface area contributed by atoms with E-state index in [1.165, 1.54) is 16.0 Å². The predicted octanol–water partition coefficient (Wildman–Crippen LogP) is 4.58. The van der Waals surface area contributed by atoms with Gasteiger partial charge in [0, 0.05) is 4.90 Å². The number of rotatable bonds is 3. The molecule has 4 heteroatoms. The molecule has 0 aliphatic carbocycles. The fourth-order valence-electron chi connectivity index (χ4n) is 1.48. The van der Waals surface area contributed by atoms with Gasteiger partial charge >= 0.3 is 0 Å². The fraction of sp³-hybridized carbons (Fsp3) is 0.143. The minimum absolute atomic E-state index is 0.732. The first-order valence-electron chi connectivity index (χ1n) is 5.48. The summed E-state index contributed by atoms with van der Waals surface area (Å²) in [4.78, 5) is 9.46. The maximum atomic E-state index is 4.55. The number of isothiocyanates is 1. The minimum atomic E-state index is 0.732. The summed E-state index contributed by atoms with van der Waals surface area (Å²) in [6.07, 6.45) is 1.70. The first-order valence-corrected chi connectivity index (χ1v) is 6.70. The second-order valence-corrected chi connectivity index (χ2v) is 5.17. The molecular weight excluding hydrogens is 260 g/mol. The van der Waals surface area contributed by atoms with Gasteiger partial charge in [0.1, 0.15) is 5.03 Å². The summed E-state index contributed by atoms with van der Waals surface area (Å²) in [6, 6.07) is 10.2. The topological polar surface area (TPSA) is 25.2 Å². The highest BCUT2D eigenvalue weighted by atomic mass is 32.2. The highest BCUT2D eigenvalue weighted by molar-refractivity contribution is 7.99. The molecule has 0 N–H and O–H groups in total. The van der Waals surface area contributed by atoms with E-state index in [9.17, 15) is 0 Å². The van der Waals surface area contributed by atoms with Crippen LogP contribution in [0.15, 0.2) is 51.4 Å². The Morgan fingerprint density at radius 3 is 2.72 bits per heavy atom. The fourth-order valence-corrected chi connectivity index (χ4v) is 2.53. The molecule has 0 saturated heterocycles. The Kier molecular flexibility index (Phi) is 4.26. The van der Waals surface area contributed by atoms with E-state index in [2.05, 4.69) is 59.4 Å². The average Bonchev–Trinajstić information content (AvgIpc) is 2.37. The van der Waals surface area contributed by atoms with Gasteiger partial charge in [0.25, 0.3) is 0 Å². The van der Waals surface area contributed by atoms with Crippen molar-refractivity contribution in [3.63, 3.8) is 0 Å². The molecule has 0 atom stereocenters. The van der Waals surface area contributed by atoms with Crippen LogP contribution in [0.2, 0.25) is 0 Å². The van der Waals surface area contributed by atoms with Crippen molar-refractivity contribution in [3.8, 4) is 0 Å². The molecule has 0 radical (unpaired) electrons. The quantitative estimate of drug-likeness (QED) is 0.604. The molecule has 1 heterocycles. The summed E-state index contributed by atoms with van der Waals surface area (Å²) in [6.45, 7) is 4.20. The Labute approximate surface area is 116 Å². The molecule has 0 fully saturated rings. The van der Waals surface area contributed by atoms with Crippen molar-refractivity contribution >= 4 is 34.8 Å². The van der Waals surface area contributed by atoms with E-state index in [1.807, 2.05) is 12.1 Å². The number of aromatic nitrogens is 1. The van der Waals surface area contributed by atoms with Gasteiger partial charge < -0.3 is 0 Å². The summed E-state index contributed by atoms with van der Waals surface area (Å²) in [5.74, 6) is 0. The zero-order chi connectivity index (χ0) is 13.0. The molecule has 0 saturated carbocycles. The lowest BCUT2D eigenvalue weighted by Gasteiger charge is -2.06. The second-order valence-electron chi connectivity index (χ2n) is 3.93. The van der Waals surface area contributed by atoms with Crippen molar-refractivity contribution in [1.29, 1.82) is 0 Å². The number of pyridine rings is 1. The van der Waals surface area contributed by atoms with Crippen LogP contribution >= 0.6 is 24.0 Å². The highest BCUT2D eigenvalue weighted by Crippen LogP contribution is 2.30. The van der Waals surface area contributed by atoms with Crippen molar-refractivity contribution in [2.45, 2.75) is 23.8 Å². The monoisotopic (exact) mass is 272 g/mol. The molecule has 90 valence electrons. The Morgan fingerprint density at radius 1 is 1.22 bits per heavy atom. The first-order chi connectivity index (χ1) is 8.69. The molecule has 0 spiro atoms. The first kappa shape index (κ1) is 13.0. The SMILES string of the molecule is Cc1ccc(C)c(Sc2ccc(N=C=S)cn2)c1. The van der Waals surface area contributed by atoms with Crippen molar-refractivity contribution in [1.82, 2.24) is 4.98 Å². The molecule has 0 unspecified atom stereocenters. The number of benzene rings is 1. The van der Waals surface area contributed by atoms with Crippen LogP contribution in [0.4, 0.5) is 5.69 Å². The summed E-state index contributed by atoms with van der Waals surface area (Å²) < 4.78 is 0. The molecule has 0 aliphatic heterocycles. The Morgan fingerprint density at radius 2 is 2.06 bits per heavy atom. The number of aryl methyl sites for hydroxylation is 2. The van der Waals surface area contributed by atoms with Crippen molar-refractivity contribution in [2.75, 3.05) is 0 Å². The standard InChI is InChI=1S/C14H12N2S2/c1-10-3-4-11(2)13(7-10)18-14-6-5-12(8-15-14)16-9-17/h3-8H,1-2H3. The van der Waals surface area contributed by atoms with E-state index in [1.54, 1.807) is 18.0 Å². The smallest absolute Gasteiger partial charge is 0.101 e. The van der Waals surface area contributed by atoms with E-state index < -0.39 is 0 Å². The molecule has 2 aromatic rings. The molecule has 2 nitrogen and oxygen atoms in total. The molecule has 0 bridgehead atoms. The van der Waals surface area contributed by atoms with Crippen molar-refractivity contribution in [3.05, 3.63) is 47.7 Å². The van der Waals surface area contributed by atoms with Crippen LogP contribution in [-0.4, -0.2) is 10.1 Å². The normalized spacial score (nSPS) is 9.89. The lowest BCUT2D eigenvalue weighted by molar-refractivity contribution is 1.12. The van der Waals surface area contributed by atoms with Gasteiger partial charge in [-0.05, 0) is 55.4 Å². The van der Waals surface area contributed by atoms with Gasteiger partial charge in [-0.3, -0.25) is 0 Å². The number of thiocarbonyl (C=S) groups is 1. The van der Waals surface area contributed by atoms with E-state index in [0.29, 0.717) is 0 Å². The van der Waals surface area contributed by atoms with Crippen LogP contribution in [-0.2, 0) is 0 Å². The molecule has 0 aliphatic rings. The van der Waals surface area contributed by atoms with Crippen LogP contribution in [0.5, 0.6) is 0 Å². The van der Waals surface area contributed by atoms with Crippen molar-refractivity contribution in [2.24, 2.45) is 4.99 Å². The van der Waals surface area contributed by atoms with Crippen LogP contribution in [0.25, 0.3) is 0 Å². The van der Waals surface area contributed by atoms with Gasteiger partial charge in [-0.25, -0.2) is 4.98 Å². The Bertz CT molecular complexity index is 600. The van der Waals surface area contributed by atoms with Gasteiger partial charge in [-0.2, -0.15) is 4.99 Å². The summed E-state index contributed by atoms with van der Waals surface area (Å²) in [5.41, 5.74) is 3.24. The molecule has 2 rings (SSSR count). The number of aliphatic imine (C=N–C) groups is 1. The molecule has 1 aromatic carbocycles. The number of hydrogen-bond donors (Lipinski definition) is 0. The number of hydrogen-bond acceptors (Lipinski definition) is 4. The van der Waals surface area contributed by atoms with Gasteiger partial charge in [0.2, 0.25) is 0 Å². The van der Waals surface area contributed by atoms with E-state index in [0.717, 1.165) is 10.7 Å². The average molecular weight is 272 g/mol. The number of nitrogens with zero attached hydrogens (tertiary/aromatic N) is 2. The van der Waals surface area contributed by atoms with Gasteiger partial charge in [-0.1, -0.05) is 23.9 Å². The molecule has 1 aromatic heterocycles. The maximum Gasteiger partial charge on any atom is 0.101 e. The van der Waals surface area contributed by atoms with Crippen LogP contribution < -0.4 is 0 Å². The molecule has 18 heavy (non-hydrogen) atoms. The van der Waals surface area contributed by atoms with Crippen LogP contribution in [0.3, 0.4) is 0 Å². The predicted molar refractivity (Wildman–Crippen MR) is 79.0 cm³/mol. The van der Waals surface area contributed by atoms with E-state index in [-0.39, 0.29) is 0 Å². The zero-order valence-corrected chi connectivity index (χ0v) is 11.8. The molecule has 0 amide bonds. The third kappa shape index (κ3) is 3.26. The third-order valence-electron chi connectivity index (χ3n) is 2.45. The van der Waals surface area contributed by atoms with Gasteiger partial charge in [0.05, 0.1) is 17.0 Å². The van der Waals surface area contributed by atoms with Crippen molar-refractivity contribution < 1.29 is 0 Å². The molecular formula is C14H12N2S2. The van der Waals surface area contributed by atoms with E-state index >= 15 is 0 Å². The second kappa shape index (κ2) is 5.91. The summed E-state index contributed by atoms with van der Waals surface area (Å²) in [5, 5.41) is 3.28. The van der Waals surface area contributed by atoms with Crippen LogP contribution in [0.1, 0.15) is 11.1 Å². The maximum absolute atomic E-state index is 4.55.